The molecule has 1 rings (SSSR count). The molecule has 0 heterocycles. The minimum absolute atomic E-state index is 0. The second kappa shape index (κ2) is 6.23. The van der Waals surface area contributed by atoms with Crippen LogP contribution in [0.1, 0.15) is 0 Å². The second-order valence-corrected chi connectivity index (χ2v) is 17.2. The van der Waals surface area contributed by atoms with Crippen LogP contribution in [0.25, 0.3) is 0 Å². The van der Waals surface area contributed by atoms with E-state index in [4.69, 9.17) is 0 Å². The fourth-order valence-corrected chi connectivity index (χ4v) is 12.7. The summed E-state index contributed by atoms with van der Waals surface area (Å²) in [6.45, 7) is 14.6. The van der Waals surface area contributed by atoms with Gasteiger partial charge in [0.05, 0.1) is 0 Å². The van der Waals surface area contributed by atoms with Gasteiger partial charge >= 0.3 is 115 Å². The maximum absolute atomic E-state index is 2.76. The molecule has 0 radical (unpaired) electrons. The standard InChI is InChI=1S/C12H22NSi2.BrH.Mg/c1-14(2,3)13(15(4,5)6)12-10-8-7-9-11-12;;/h7-8,10-11H,1-6H3;1H;/q;;+1/p-1. The quantitative estimate of drug-likeness (QED) is 0.698. The number of rotatable bonds is 3. The van der Waals surface area contributed by atoms with Crippen LogP contribution in [0.3, 0.4) is 0 Å². The van der Waals surface area contributed by atoms with E-state index >= 15 is 0 Å². The maximum atomic E-state index is 2.76. The van der Waals surface area contributed by atoms with Crippen molar-refractivity contribution < 1.29 is 17.0 Å². The Labute approximate surface area is 131 Å². The summed E-state index contributed by atoms with van der Waals surface area (Å²) in [4.78, 5) is 0. The third-order valence-electron chi connectivity index (χ3n) is 2.51. The van der Waals surface area contributed by atoms with Crippen LogP contribution in [0, 0.1) is 0 Å². The Kier molecular flexibility index (Phi) is 6.49. The Bertz CT molecular complexity index is 358. The van der Waals surface area contributed by atoms with Crippen LogP contribution in [0.2, 0.25) is 39.3 Å². The van der Waals surface area contributed by atoms with Gasteiger partial charge in [0, 0.05) is 0 Å². The molecule has 92 valence electrons. The maximum Gasteiger partial charge on any atom is -1.00 e. The predicted molar refractivity (Wildman–Crippen MR) is 81.0 cm³/mol. The number of hydrogen-bond acceptors (Lipinski definition) is 1. The van der Waals surface area contributed by atoms with Gasteiger partial charge in [-0.2, -0.15) is 0 Å². The van der Waals surface area contributed by atoms with Gasteiger partial charge in [-0.3, -0.25) is 0 Å². The summed E-state index contributed by atoms with van der Waals surface area (Å²) >= 11 is 1.97. The Morgan fingerprint density at radius 2 is 1.41 bits per heavy atom. The molecule has 5 heteroatoms. The van der Waals surface area contributed by atoms with Crippen molar-refractivity contribution in [3.05, 3.63) is 24.3 Å². The van der Waals surface area contributed by atoms with E-state index in [9.17, 15) is 0 Å². The predicted octanol–water partition coefficient (Wildman–Crippen LogP) is -0.0394. The molecule has 1 aromatic rings. The third-order valence-corrected chi connectivity index (χ3v) is 10.2. The average Bonchev–Trinajstić information content (AvgIpc) is 1.97. The molecule has 0 aliphatic heterocycles. The van der Waals surface area contributed by atoms with E-state index in [0.29, 0.717) is 0 Å². The van der Waals surface area contributed by atoms with Crippen molar-refractivity contribution in [2.45, 2.75) is 39.3 Å². The fraction of sp³-hybridized carbons (Fsp3) is 0.500. The molecule has 0 N–H and O–H groups in total. The summed E-state index contributed by atoms with van der Waals surface area (Å²) in [5, 5.41) is 0. The average molecular weight is 341 g/mol. The smallest absolute Gasteiger partial charge is 1.00 e. The fourth-order valence-electron chi connectivity index (χ4n) is 2.48. The molecule has 1 aromatic carbocycles. The van der Waals surface area contributed by atoms with E-state index in [1.807, 2.05) is 21.7 Å². The normalized spacial score (nSPS) is 12.0. The summed E-state index contributed by atoms with van der Waals surface area (Å²) in [6, 6.07) is 8.99. The van der Waals surface area contributed by atoms with E-state index < -0.39 is 16.5 Å². The topological polar surface area (TPSA) is 3.24 Å². The SMILES string of the molecule is C[Si](C)(C)N(c1ccc[c]([Mg+])c1)[Si](C)(C)C.[Br-]. The number of anilines is 1. The van der Waals surface area contributed by atoms with Crippen LogP contribution >= 0.6 is 0 Å². The largest absolute Gasteiger partial charge is 1.00 e. The van der Waals surface area contributed by atoms with Gasteiger partial charge in [-0.1, -0.05) is 0 Å². The molecule has 0 saturated carbocycles. The van der Waals surface area contributed by atoms with E-state index in [1.54, 1.807) is 0 Å². The van der Waals surface area contributed by atoms with Gasteiger partial charge in [-0.15, -0.1) is 0 Å². The zero-order valence-corrected chi connectivity index (χ0v) is 16.8. The summed E-state index contributed by atoms with van der Waals surface area (Å²) < 4.78 is 4.15. The van der Waals surface area contributed by atoms with Gasteiger partial charge in [0.25, 0.3) is 0 Å². The monoisotopic (exact) mass is 339 g/mol. The number of halogens is 1. The van der Waals surface area contributed by atoms with Gasteiger partial charge in [-0.25, -0.2) is 0 Å². The van der Waals surface area contributed by atoms with Gasteiger partial charge in [-0.05, 0) is 0 Å². The summed E-state index contributed by atoms with van der Waals surface area (Å²) in [6.07, 6.45) is 0. The van der Waals surface area contributed by atoms with Gasteiger partial charge in [0.15, 0.2) is 0 Å². The minimum atomic E-state index is -1.29. The number of hydrogen-bond donors (Lipinski definition) is 0. The first-order chi connectivity index (χ1) is 7.12. The molecule has 0 aliphatic carbocycles. The van der Waals surface area contributed by atoms with Gasteiger partial charge < -0.3 is 17.0 Å². The van der Waals surface area contributed by atoms with Crippen LogP contribution < -0.4 is 24.9 Å². The molecule has 0 atom stereocenters. The summed E-state index contributed by atoms with van der Waals surface area (Å²) in [5.74, 6) is 0. The molecule has 0 unspecified atom stereocenters. The van der Waals surface area contributed by atoms with E-state index in [2.05, 4.69) is 67.8 Å². The second-order valence-electron chi connectivity index (χ2n) is 6.35. The van der Waals surface area contributed by atoms with Gasteiger partial charge in [0.1, 0.15) is 0 Å². The first-order valence-corrected chi connectivity index (χ1v) is 13.4. The zero-order valence-electron chi connectivity index (χ0n) is 11.8. The number of benzene rings is 1. The van der Waals surface area contributed by atoms with E-state index in [1.165, 1.54) is 9.38 Å². The summed E-state index contributed by atoms with van der Waals surface area (Å²) in [7, 11) is -2.58. The van der Waals surface area contributed by atoms with Crippen molar-refractivity contribution in [2.24, 2.45) is 0 Å². The molecule has 0 spiro atoms. The summed E-state index contributed by atoms with van der Waals surface area (Å²) in [5.41, 5.74) is 1.44. The molecule has 1 nitrogen and oxygen atoms in total. The Morgan fingerprint density at radius 3 is 1.76 bits per heavy atom. The van der Waals surface area contributed by atoms with Crippen molar-refractivity contribution in [2.75, 3.05) is 4.23 Å². The molecule has 0 saturated heterocycles. The molecule has 17 heavy (non-hydrogen) atoms. The Balaban J connectivity index is 0.00000256. The van der Waals surface area contributed by atoms with E-state index in [0.717, 1.165) is 0 Å². The molecule has 0 aromatic heterocycles. The van der Waals surface area contributed by atoms with Crippen LogP contribution in [-0.4, -0.2) is 38.2 Å². The molecular weight excluding hydrogens is 319 g/mol. The number of nitrogens with zero attached hydrogens (tertiary/aromatic N) is 1. The van der Waals surface area contributed by atoms with Crippen LogP contribution in [0.4, 0.5) is 5.69 Å². The zero-order chi connectivity index (χ0) is 12.6. The Morgan fingerprint density at radius 1 is 0.941 bits per heavy atom. The molecular formula is C12H22BrMgNSi2. The first-order valence-electron chi connectivity index (χ1n) is 5.85. The van der Waals surface area contributed by atoms with Crippen molar-refractivity contribution in [1.29, 1.82) is 0 Å². The first kappa shape index (κ1) is 17.7. The van der Waals surface area contributed by atoms with Crippen molar-refractivity contribution in [3.63, 3.8) is 0 Å². The Hall–Kier alpha value is 0.700. The van der Waals surface area contributed by atoms with Crippen molar-refractivity contribution >= 4 is 47.6 Å². The van der Waals surface area contributed by atoms with Crippen LogP contribution in [0.15, 0.2) is 24.3 Å². The molecule has 0 bridgehead atoms. The molecule has 0 amide bonds. The third kappa shape index (κ3) is 5.06. The van der Waals surface area contributed by atoms with Crippen LogP contribution in [0.5, 0.6) is 0 Å². The minimum Gasteiger partial charge on any atom is -1.00 e. The van der Waals surface area contributed by atoms with Crippen molar-refractivity contribution in [1.82, 2.24) is 0 Å². The molecule has 0 fully saturated rings. The van der Waals surface area contributed by atoms with Crippen molar-refractivity contribution in [3.8, 4) is 0 Å². The molecule has 0 aliphatic rings. The van der Waals surface area contributed by atoms with Gasteiger partial charge in [0.2, 0.25) is 0 Å². The van der Waals surface area contributed by atoms with E-state index in [-0.39, 0.29) is 17.0 Å². The van der Waals surface area contributed by atoms with Crippen LogP contribution in [-0.2, 0) is 0 Å².